The van der Waals surface area contributed by atoms with Crippen LogP contribution in [-0.2, 0) is 14.6 Å². The molecular formula is C21H24N2O5S. The zero-order valence-electron chi connectivity index (χ0n) is 16.2. The molecule has 0 saturated carbocycles. The number of carbonyl (C=O) groups is 2. The smallest absolute Gasteiger partial charge is 0.255 e. The van der Waals surface area contributed by atoms with E-state index in [9.17, 15) is 18.0 Å². The summed E-state index contributed by atoms with van der Waals surface area (Å²) in [5.74, 6) is -0.724. The summed E-state index contributed by atoms with van der Waals surface area (Å²) in [7, 11) is -3.33. The van der Waals surface area contributed by atoms with E-state index in [0.29, 0.717) is 30.0 Å². The van der Waals surface area contributed by atoms with Crippen LogP contribution in [0.25, 0.3) is 0 Å². The number of carbonyl (C=O) groups excluding carboxylic acids is 2. The van der Waals surface area contributed by atoms with Gasteiger partial charge in [-0.2, -0.15) is 0 Å². The lowest BCUT2D eigenvalue weighted by atomic mass is 10.1. The molecule has 0 spiro atoms. The molecule has 1 aliphatic heterocycles. The van der Waals surface area contributed by atoms with Gasteiger partial charge in [-0.15, -0.1) is 0 Å². The second-order valence-electron chi connectivity index (χ2n) is 6.77. The van der Waals surface area contributed by atoms with Crippen molar-refractivity contribution < 1.29 is 22.7 Å². The third-order valence-electron chi connectivity index (χ3n) is 4.79. The Bertz CT molecular complexity index is 980. The molecule has 2 aromatic carbocycles. The first-order chi connectivity index (χ1) is 13.9. The highest BCUT2D eigenvalue weighted by molar-refractivity contribution is 7.91. The van der Waals surface area contributed by atoms with Crippen molar-refractivity contribution in [1.29, 1.82) is 0 Å². The van der Waals surface area contributed by atoms with E-state index in [4.69, 9.17) is 4.74 Å². The van der Waals surface area contributed by atoms with Crippen LogP contribution in [0.3, 0.4) is 0 Å². The Balaban J connectivity index is 1.69. The average Bonchev–Trinajstić information content (AvgIpc) is 3.26. The molecule has 8 heteroatoms. The van der Waals surface area contributed by atoms with Crippen LogP contribution in [0.1, 0.15) is 40.5 Å². The van der Waals surface area contributed by atoms with Crippen molar-refractivity contribution in [3.05, 3.63) is 59.7 Å². The van der Waals surface area contributed by atoms with Crippen molar-refractivity contribution in [2.75, 3.05) is 24.2 Å². The summed E-state index contributed by atoms with van der Waals surface area (Å²) < 4.78 is 29.3. The molecule has 7 nitrogen and oxygen atoms in total. The molecule has 29 heavy (non-hydrogen) atoms. The first-order valence-electron chi connectivity index (χ1n) is 9.53. The van der Waals surface area contributed by atoms with Gasteiger partial charge in [-0.1, -0.05) is 19.1 Å². The molecule has 0 bridgehead atoms. The Kier molecular flexibility index (Phi) is 6.66. The van der Waals surface area contributed by atoms with Gasteiger partial charge in [-0.05, 0) is 49.2 Å². The summed E-state index contributed by atoms with van der Waals surface area (Å²) in [5, 5.41) is 5.57. The lowest BCUT2D eigenvalue weighted by Gasteiger charge is -2.14. The third kappa shape index (κ3) is 5.21. The van der Waals surface area contributed by atoms with Crippen molar-refractivity contribution >= 4 is 27.3 Å². The predicted molar refractivity (Wildman–Crippen MR) is 110 cm³/mol. The Hall–Kier alpha value is -2.71. The van der Waals surface area contributed by atoms with E-state index >= 15 is 0 Å². The van der Waals surface area contributed by atoms with Gasteiger partial charge in [-0.3, -0.25) is 9.59 Å². The molecule has 1 unspecified atom stereocenters. The average molecular weight is 416 g/mol. The minimum absolute atomic E-state index is 0.00702. The minimum atomic E-state index is -3.33. The second-order valence-corrected chi connectivity index (χ2v) is 9.05. The van der Waals surface area contributed by atoms with Crippen LogP contribution in [-0.4, -0.2) is 45.2 Å². The van der Waals surface area contributed by atoms with E-state index < -0.39 is 15.7 Å². The highest BCUT2D eigenvalue weighted by Gasteiger charge is 2.19. The number of nitrogens with one attached hydrogen (secondary N) is 2. The topological polar surface area (TPSA) is 102 Å². The molecule has 0 aromatic heterocycles. The normalized spacial score (nSPS) is 16.4. The largest absolute Gasteiger partial charge is 0.376 e. The maximum atomic E-state index is 12.6. The van der Waals surface area contributed by atoms with Crippen LogP contribution < -0.4 is 10.6 Å². The molecule has 3 rings (SSSR count). The first-order valence-corrected chi connectivity index (χ1v) is 11.2. The van der Waals surface area contributed by atoms with E-state index in [0.717, 1.165) is 12.8 Å². The first kappa shape index (κ1) is 21.0. The monoisotopic (exact) mass is 416 g/mol. The summed E-state index contributed by atoms with van der Waals surface area (Å²) in [4.78, 5) is 25.3. The zero-order chi connectivity index (χ0) is 20.9. The van der Waals surface area contributed by atoms with Crippen molar-refractivity contribution in [2.24, 2.45) is 0 Å². The maximum Gasteiger partial charge on any atom is 0.255 e. The second kappa shape index (κ2) is 9.19. The maximum absolute atomic E-state index is 12.6. The number of hydrogen-bond donors (Lipinski definition) is 2. The zero-order valence-corrected chi connectivity index (χ0v) is 17.0. The Labute approximate surface area is 170 Å². The number of rotatable bonds is 7. The highest BCUT2D eigenvalue weighted by Crippen LogP contribution is 2.18. The number of ether oxygens (including phenoxy) is 1. The molecule has 2 amide bonds. The molecule has 0 aliphatic carbocycles. The molecule has 1 fully saturated rings. The standard InChI is InChI=1S/C21H24N2O5S/c1-2-29(26,27)17-11-9-15(10-12-17)20(24)23-19-8-4-3-7-18(19)21(25)22-14-16-6-5-13-28-16/h3-4,7-12,16H,2,5-6,13-14H2,1H3,(H,22,25)(H,23,24). The summed E-state index contributed by atoms with van der Waals surface area (Å²) in [6, 6.07) is 12.5. The lowest BCUT2D eigenvalue weighted by Crippen LogP contribution is -2.32. The van der Waals surface area contributed by atoms with Crippen LogP contribution in [0.4, 0.5) is 5.69 Å². The van der Waals surface area contributed by atoms with E-state index in [1.165, 1.54) is 24.3 Å². The molecular weight excluding hydrogens is 392 g/mol. The van der Waals surface area contributed by atoms with Gasteiger partial charge in [0.2, 0.25) is 0 Å². The van der Waals surface area contributed by atoms with Crippen LogP contribution in [0.5, 0.6) is 0 Å². The fourth-order valence-electron chi connectivity index (χ4n) is 3.07. The lowest BCUT2D eigenvalue weighted by molar-refractivity contribution is 0.0858. The molecule has 1 heterocycles. The fraction of sp³-hybridized carbons (Fsp3) is 0.333. The highest BCUT2D eigenvalue weighted by atomic mass is 32.2. The Morgan fingerprint density at radius 3 is 2.45 bits per heavy atom. The van der Waals surface area contributed by atoms with Gasteiger partial charge in [0.25, 0.3) is 11.8 Å². The van der Waals surface area contributed by atoms with Gasteiger partial charge in [0, 0.05) is 18.7 Å². The summed E-state index contributed by atoms with van der Waals surface area (Å²) in [5.41, 5.74) is 1.03. The Morgan fingerprint density at radius 2 is 1.79 bits per heavy atom. The molecule has 1 saturated heterocycles. The van der Waals surface area contributed by atoms with Crippen molar-refractivity contribution in [3.63, 3.8) is 0 Å². The number of anilines is 1. The predicted octanol–water partition coefficient (Wildman–Crippen LogP) is 2.64. The van der Waals surface area contributed by atoms with E-state index in [1.54, 1.807) is 31.2 Å². The van der Waals surface area contributed by atoms with Gasteiger partial charge in [0.1, 0.15) is 0 Å². The van der Waals surface area contributed by atoms with Gasteiger partial charge < -0.3 is 15.4 Å². The van der Waals surface area contributed by atoms with Crippen molar-refractivity contribution in [3.8, 4) is 0 Å². The number of sulfone groups is 1. The minimum Gasteiger partial charge on any atom is -0.376 e. The molecule has 2 aromatic rings. The summed E-state index contributed by atoms with van der Waals surface area (Å²) in [6.07, 6.45) is 1.94. The SMILES string of the molecule is CCS(=O)(=O)c1ccc(C(=O)Nc2ccccc2C(=O)NCC2CCCO2)cc1. The molecule has 1 aliphatic rings. The van der Waals surface area contributed by atoms with E-state index in [-0.39, 0.29) is 22.7 Å². The number of para-hydroxylation sites is 1. The van der Waals surface area contributed by atoms with Crippen molar-refractivity contribution in [2.45, 2.75) is 30.8 Å². The molecule has 2 N–H and O–H groups in total. The van der Waals surface area contributed by atoms with Crippen LogP contribution >= 0.6 is 0 Å². The van der Waals surface area contributed by atoms with Gasteiger partial charge in [-0.25, -0.2) is 8.42 Å². The van der Waals surface area contributed by atoms with Gasteiger partial charge >= 0.3 is 0 Å². The van der Waals surface area contributed by atoms with E-state index in [1.807, 2.05) is 0 Å². The van der Waals surface area contributed by atoms with Gasteiger partial charge in [0.05, 0.1) is 28.0 Å². The van der Waals surface area contributed by atoms with Crippen LogP contribution in [0.2, 0.25) is 0 Å². The summed E-state index contributed by atoms with van der Waals surface area (Å²) in [6.45, 7) is 2.71. The summed E-state index contributed by atoms with van der Waals surface area (Å²) >= 11 is 0. The Morgan fingerprint density at radius 1 is 1.07 bits per heavy atom. The van der Waals surface area contributed by atoms with E-state index in [2.05, 4.69) is 10.6 Å². The van der Waals surface area contributed by atoms with Crippen LogP contribution in [0, 0.1) is 0 Å². The van der Waals surface area contributed by atoms with Crippen molar-refractivity contribution in [1.82, 2.24) is 5.32 Å². The number of benzene rings is 2. The number of hydrogen-bond acceptors (Lipinski definition) is 5. The number of amides is 2. The molecule has 1 atom stereocenters. The van der Waals surface area contributed by atoms with Gasteiger partial charge in [0.15, 0.2) is 9.84 Å². The molecule has 154 valence electrons. The fourth-order valence-corrected chi connectivity index (χ4v) is 3.96. The third-order valence-corrected chi connectivity index (χ3v) is 6.54. The van der Waals surface area contributed by atoms with Crippen LogP contribution in [0.15, 0.2) is 53.4 Å². The quantitative estimate of drug-likeness (QED) is 0.723. The molecule has 0 radical (unpaired) electrons.